The van der Waals surface area contributed by atoms with Gasteiger partial charge in [0.15, 0.2) is 15.4 Å². The van der Waals surface area contributed by atoms with E-state index in [4.69, 9.17) is 25.8 Å². The molecular formula is C41H50ClN3O11S. The Balaban J connectivity index is 1.40. The third kappa shape index (κ3) is 10.6. The van der Waals surface area contributed by atoms with Gasteiger partial charge in [0, 0.05) is 74.0 Å². The summed E-state index contributed by atoms with van der Waals surface area (Å²) < 4.78 is 43.9. The molecule has 0 radical (unpaired) electrons. The molecule has 308 valence electrons. The molecule has 0 amide bonds. The standard InChI is InChI=1S/C41H50ClN3O11S/c1-39(2)32(29-9-5-4-6-10-29)11-7-12-41(39,56-18-8-15-45-16-13-40(51,14-17-45)38(49)50)27-55-36-21-35(30(20-33(36)42)23-44-34(25-46)37(47)48)54-26-28-19-31(24-43-22-28)57(3,52)53/h4-7,9-12,19-22,24,34,44,46,51H,8,13-18,23,25-27H2,1-3H3,(H,47,48)(H,49,50)/t34?,41-/m0/s1. The Kier molecular flexibility index (Phi) is 14.2. The van der Waals surface area contributed by atoms with Gasteiger partial charge < -0.3 is 39.5 Å². The molecule has 2 heterocycles. The highest BCUT2D eigenvalue weighted by Crippen LogP contribution is 2.49. The van der Waals surface area contributed by atoms with Crippen LogP contribution in [0.3, 0.4) is 0 Å². The number of carboxylic acids is 2. The lowest BCUT2D eigenvalue weighted by Crippen LogP contribution is -2.52. The lowest BCUT2D eigenvalue weighted by atomic mass is 9.65. The van der Waals surface area contributed by atoms with Crippen molar-refractivity contribution in [2.45, 2.75) is 68.4 Å². The predicted molar refractivity (Wildman–Crippen MR) is 213 cm³/mol. The van der Waals surface area contributed by atoms with Gasteiger partial charge in [-0.25, -0.2) is 13.2 Å². The van der Waals surface area contributed by atoms with E-state index >= 15 is 0 Å². The Bertz CT molecular complexity index is 2070. The first-order valence-corrected chi connectivity index (χ1v) is 20.8. The molecule has 14 nitrogen and oxygen atoms in total. The molecule has 1 fully saturated rings. The van der Waals surface area contributed by atoms with Crippen molar-refractivity contribution in [3.63, 3.8) is 0 Å². The van der Waals surface area contributed by atoms with Crippen LogP contribution in [0.1, 0.15) is 49.8 Å². The number of halogens is 1. The molecule has 16 heteroatoms. The Morgan fingerprint density at radius 3 is 2.40 bits per heavy atom. The predicted octanol–water partition coefficient (Wildman–Crippen LogP) is 4.37. The van der Waals surface area contributed by atoms with E-state index in [9.17, 15) is 38.4 Å². The van der Waals surface area contributed by atoms with E-state index in [0.717, 1.165) is 17.4 Å². The normalized spacial score (nSPS) is 19.7. The molecule has 1 unspecified atom stereocenters. The topological polar surface area (TPSA) is 205 Å². The van der Waals surface area contributed by atoms with Crippen LogP contribution < -0.4 is 14.8 Å². The molecule has 1 aliphatic carbocycles. The minimum absolute atomic E-state index is 0.0126. The van der Waals surface area contributed by atoms with E-state index in [1.54, 1.807) is 12.1 Å². The number of aliphatic hydroxyl groups is 2. The average Bonchev–Trinajstić information content (AvgIpc) is 3.17. The quantitative estimate of drug-likeness (QED) is 0.107. The third-order valence-electron chi connectivity index (χ3n) is 10.7. The molecule has 1 aromatic heterocycles. The van der Waals surface area contributed by atoms with Crippen molar-refractivity contribution < 1.29 is 52.6 Å². The van der Waals surface area contributed by atoms with Gasteiger partial charge in [0.1, 0.15) is 36.4 Å². The van der Waals surface area contributed by atoms with Gasteiger partial charge in [-0.15, -0.1) is 0 Å². The van der Waals surface area contributed by atoms with Crippen LogP contribution in [-0.2, 0) is 37.3 Å². The third-order valence-corrected chi connectivity index (χ3v) is 12.0. The maximum atomic E-state index is 12.2. The van der Waals surface area contributed by atoms with Crippen LogP contribution in [-0.4, -0.2) is 114 Å². The minimum atomic E-state index is -3.53. The van der Waals surface area contributed by atoms with Crippen molar-refractivity contribution in [1.82, 2.24) is 15.2 Å². The number of pyridine rings is 1. The summed E-state index contributed by atoms with van der Waals surface area (Å²) in [6.45, 7) is 5.27. The molecule has 2 aromatic carbocycles. The number of carbonyl (C=O) groups is 2. The number of hydrogen-bond acceptors (Lipinski definition) is 12. The maximum absolute atomic E-state index is 12.2. The van der Waals surface area contributed by atoms with E-state index in [1.807, 2.05) is 42.5 Å². The molecule has 1 saturated heterocycles. The largest absolute Gasteiger partial charge is 0.488 e. The molecule has 5 N–H and O–H groups in total. The summed E-state index contributed by atoms with van der Waals surface area (Å²) in [5, 5.41) is 41.8. The number of rotatable bonds is 19. The van der Waals surface area contributed by atoms with Crippen LogP contribution >= 0.6 is 11.6 Å². The zero-order valence-corrected chi connectivity index (χ0v) is 33.8. The number of carboxylic acid groups (broad SMARTS) is 2. The molecular weight excluding hydrogens is 778 g/mol. The Morgan fingerprint density at radius 2 is 1.75 bits per heavy atom. The van der Waals surface area contributed by atoms with Crippen molar-refractivity contribution in [1.29, 1.82) is 0 Å². The summed E-state index contributed by atoms with van der Waals surface area (Å²) >= 11 is 6.83. The van der Waals surface area contributed by atoms with Crippen LogP contribution in [0.25, 0.3) is 5.57 Å². The lowest BCUT2D eigenvalue weighted by Gasteiger charge is -2.47. The summed E-state index contributed by atoms with van der Waals surface area (Å²) in [5.41, 5.74) is -0.397. The fourth-order valence-electron chi connectivity index (χ4n) is 6.93. The van der Waals surface area contributed by atoms with E-state index in [1.165, 1.54) is 18.5 Å². The first-order chi connectivity index (χ1) is 27.0. The van der Waals surface area contributed by atoms with Crippen molar-refractivity contribution in [2.24, 2.45) is 5.41 Å². The van der Waals surface area contributed by atoms with Crippen LogP contribution in [0.5, 0.6) is 11.5 Å². The van der Waals surface area contributed by atoms with E-state index < -0.39 is 51.0 Å². The number of sulfone groups is 1. The Morgan fingerprint density at radius 1 is 1.04 bits per heavy atom. The number of likely N-dealkylation sites (tertiary alicyclic amines) is 1. The van der Waals surface area contributed by atoms with E-state index in [-0.39, 0.29) is 54.0 Å². The first-order valence-electron chi connectivity index (χ1n) is 18.5. The summed E-state index contributed by atoms with van der Waals surface area (Å²) in [6.07, 6.45) is 10.7. The van der Waals surface area contributed by atoms with Crippen LogP contribution in [0.15, 0.2) is 84.0 Å². The number of hydrogen-bond donors (Lipinski definition) is 5. The number of benzene rings is 2. The Hall–Kier alpha value is -4.35. The molecule has 1 aliphatic heterocycles. The first kappa shape index (κ1) is 43.8. The second-order valence-electron chi connectivity index (χ2n) is 14.9. The van der Waals surface area contributed by atoms with Gasteiger partial charge in [0.2, 0.25) is 0 Å². The molecule has 0 spiro atoms. The number of nitrogens with one attached hydrogen (secondary N) is 1. The second kappa shape index (κ2) is 18.5. The summed E-state index contributed by atoms with van der Waals surface area (Å²) in [7, 11) is -3.53. The van der Waals surface area contributed by atoms with Crippen molar-refractivity contribution >= 4 is 38.9 Å². The van der Waals surface area contributed by atoms with E-state index in [0.29, 0.717) is 43.8 Å². The van der Waals surface area contributed by atoms with Crippen molar-refractivity contribution in [3.8, 4) is 11.5 Å². The molecule has 5 rings (SSSR count). The second-order valence-corrected chi connectivity index (χ2v) is 17.3. The number of piperidine rings is 1. The molecule has 57 heavy (non-hydrogen) atoms. The van der Waals surface area contributed by atoms with Gasteiger partial charge in [-0.3, -0.25) is 15.1 Å². The number of aliphatic carboxylic acids is 2. The zero-order chi connectivity index (χ0) is 41.4. The van der Waals surface area contributed by atoms with Gasteiger partial charge >= 0.3 is 11.9 Å². The highest BCUT2D eigenvalue weighted by Gasteiger charge is 2.49. The van der Waals surface area contributed by atoms with Crippen molar-refractivity contribution in [3.05, 3.63) is 101 Å². The summed E-state index contributed by atoms with van der Waals surface area (Å²) in [6, 6.07) is 13.3. The summed E-state index contributed by atoms with van der Waals surface area (Å²) in [5.74, 6) is -1.93. The molecule has 0 saturated carbocycles. The Labute approximate surface area is 337 Å². The number of ether oxygens (including phenoxy) is 3. The van der Waals surface area contributed by atoms with E-state index in [2.05, 4.69) is 35.1 Å². The SMILES string of the molecule is CC1(C)C(c2ccccc2)=CC=C[C@@]1(COc1cc(OCc2cncc(S(C)(=O)=O)c2)c(CNC(CO)C(=O)O)cc1Cl)OCCCN1CCC(O)(C(=O)O)CC1. The zero-order valence-electron chi connectivity index (χ0n) is 32.2. The lowest BCUT2D eigenvalue weighted by molar-refractivity contribution is -0.163. The number of aliphatic hydroxyl groups excluding tert-OH is 1. The number of aromatic nitrogens is 1. The molecule has 2 atom stereocenters. The molecule has 3 aromatic rings. The highest BCUT2D eigenvalue weighted by atomic mass is 35.5. The monoisotopic (exact) mass is 827 g/mol. The van der Waals surface area contributed by atoms with Gasteiger partial charge in [0.25, 0.3) is 0 Å². The van der Waals surface area contributed by atoms with Gasteiger partial charge in [-0.1, -0.05) is 67.9 Å². The van der Waals surface area contributed by atoms with Gasteiger partial charge in [-0.2, -0.15) is 0 Å². The highest BCUT2D eigenvalue weighted by molar-refractivity contribution is 7.90. The smallest absolute Gasteiger partial charge is 0.335 e. The van der Waals surface area contributed by atoms with Crippen molar-refractivity contribution in [2.75, 3.05) is 45.7 Å². The fourth-order valence-corrected chi connectivity index (χ4v) is 7.79. The number of nitrogens with zero attached hydrogens (tertiary/aromatic N) is 2. The fraction of sp³-hybridized carbons (Fsp3) is 0.439. The molecule has 0 bridgehead atoms. The minimum Gasteiger partial charge on any atom is -0.488 e. The van der Waals surface area contributed by atoms with Crippen LogP contribution in [0, 0.1) is 5.41 Å². The average molecular weight is 828 g/mol. The number of allylic oxidation sites excluding steroid dienone is 2. The van der Waals surface area contributed by atoms with Gasteiger partial charge in [0.05, 0.1) is 16.5 Å². The maximum Gasteiger partial charge on any atom is 0.335 e. The summed E-state index contributed by atoms with van der Waals surface area (Å²) in [4.78, 5) is 29.3. The molecule has 2 aliphatic rings. The van der Waals surface area contributed by atoms with Gasteiger partial charge in [-0.05, 0) is 48.6 Å². The van der Waals surface area contributed by atoms with Crippen LogP contribution in [0.2, 0.25) is 5.02 Å². The van der Waals surface area contributed by atoms with Crippen LogP contribution in [0.4, 0.5) is 0 Å².